The zero-order chi connectivity index (χ0) is 10.7. The highest BCUT2D eigenvalue weighted by molar-refractivity contribution is 5.19. The molecule has 1 nitrogen and oxygen atoms in total. The van der Waals surface area contributed by atoms with Crippen LogP contribution in [0.15, 0.2) is 11.6 Å². The van der Waals surface area contributed by atoms with Gasteiger partial charge in [-0.05, 0) is 62.9 Å². The van der Waals surface area contributed by atoms with Crippen molar-refractivity contribution in [3.05, 3.63) is 11.6 Å². The molecule has 2 aliphatic rings. The second-order valence-corrected chi connectivity index (χ2v) is 5.54. The standard InChI is InChI=1S/C14H24O/c1-12-6-5-10-14(15,11-9-12)13-7-3-2-4-8-13/h7,12,15H,2-6,8-11H2,1H3. The molecule has 0 spiro atoms. The van der Waals surface area contributed by atoms with Gasteiger partial charge in [-0.15, -0.1) is 0 Å². The van der Waals surface area contributed by atoms with Crippen LogP contribution in [0.3, 0.4) is 0 Å². The van der Waals surface area contributed by atoms with E-state index in [1.54, 1.807) is 0 Å². The fourth-order valence-electron chi connectivity index (χ4n) is 3.08. The van der Waals surface area contributed by atoms with Gasteiger partial charge in [0.25, 0.3) is 0 Å². The summed E-state index contributed by atoms with van der Waals surface area (Å²) in [6.45, 7) is 2.32. The van der Waals surface area contributed by atoms with Crippen LogP contribution < -0.4 is 0 Å². The summed E-state index contributed by atoms with van der Waals surface area (Å²) in [5, 5.41) is 10.7. The van der Waals surface area contributed by atoms with Crippen LogP contribution in [0.25, 0.3) is 0 Å². The van der Waals surface area contributed by atoms with Gasteiger partial charge in [0.05, 0.1) is 5.60 Å². The highest BCUT2D eigenvalue weighted by Crippen LogP contribution is 2.38. The predicted octanol–water partition coefficient (Wildman–Crippen LogP) is 3.82. The minimum atomic E-state index is -0.425. The van der Waals surface area contributed by atoms with Gasteiger partial charge >= 0.3 is 0 Å². The van der Waals surface area contributed by atoms with Gasteiger partial charge in [0.1, 0.15) is 0 Å². The number of aliphatic hydroxyl groups is 1. The van der Waals surface area contributed by atoms with Crippen molar-refractivity contribution in [2.24, 2.45) is 5.92 Å². The first-order valence-corrected chi connectivity index (χ1v) is 6.63. The number of hydrogen-bond donors (Lipinski definition) is 1. The fourth-order valence-corrected chi connectivity index (χ4v) is 3.08. The lowest BCUT2D eigenvalue weighted by Gasteiger charge is -2.32. The van der Waals surface area contributed by atoms with E-state index in [-0.39, 0.29) is 0 Å². The van der Waals surface area contributed by atoms with Gasteiger partial charge in [0.2, 0.25) is 0 Å². The topological polar surface area (TPSA) is 20.2 Å². The molecule has 2 unspecified atom stereocenters. The maximum atomic E-state index is 10.7. The summed E-state index contributed by atoms with van der Waals surface area (Å²) >= 11 is 0. The van der Waals surface area contributed by atoms with Crippen LogP contribution in [0.2, 0.25) is 0 Å². The maximum Gasteiger partial charge on any atom is 0.0856 e. The van der Waals surface area contributed by atoms with Crippen molar-refractivity contribution in [1.82, 2.24) is 0 Å². The third-order valence-corrected chi connectivity index (χ3v) is 4.23. The average Bonchev–Trinajstić information content (AvgIpc) is 2.44. The van der Waals surface area contributed by atoms with E-state index >= 15 is 0 Å². The predicted molar refractivity (Wildman–Crippen MR) is 63.7 cm³/mol. The van der Waals surface area contributed by atoms with E-state index in [4.69, 9.17) is 0 Å². The number of rotatable bonds is 1. The lowest BCUT2D eigenvalue weighted by atomic mass is 9.80. The summed E-state index contributed by atoms with van der Waals surface area (Å²) in [5.74, 6) is 0.809. The van der Waals surface area contributed by atoms with Crippen LogP contribution >= 0.6 is 0 Å². The highest BCUT2D eigenvalue weighted by Gasteiger charge is 2.33. The maximum absolute atomic E-state index is 10.7. The van der Waals surface area contributed by atoms with Gasteiger partial charge in [-0.1, -0.05) is 19.4 Å². The molecule has 1 fully saturated rings. The molecule has 0 bridgehead atoms. The van der Waals surface area contributed by atoms with Gasteiger partial charge in [-0.25, -0.2) is 0 Å². The first kappa shape index (κ1) is 11.2. The summed E-state index contributed by atoms with van der Waals surface area (Å²) in [4.78, 5) is 0. The van der Waals surface area contributed by atoms with Crippen molar-refractivity contribution in [1.29, 1.82) is 0 Å². The third kappa shape index (κ3) is 2.63. The van der Waals surface area contributed by atoms with Crippen LogP contribution in [0.4, 0.5) is 0 Å². The SMILES string of the molecule is CC1CCCC(O)(C2=CCCCC2)CC1. The molecule has 1 saturated carbocycles. The zero-order valence-corrected chi connectivity index (χ0v) is 9.97. The molecule has 2 rings (SSSR count). The molecule has 0 aromatic rings. The molecule has 1 N–H and O–H groups in total. The highest BCUT2D eigenvalue weighted by atomic mass is 16.3. The molecule has 15 heavy (non-hydrogen) atoms. The minimum absolute atomic E-state index is 0.425. The van der Waals surface area contributed by atoms with Gasteiger partial charge in [-0.3, -0.25) is 0 Å². The van der Waals surface area contributed by atoms with Crippen LogP contribution in [0.5, 0.6) is 0 Å². The van der Waals surface area contributed by atoms with E-state index in [2.05, 4.69) is 13.0 Å². The third-order valence-electron chi connectivity index (χ3n) is 4.23. The normalized spacial score (nSPS) is 38.3. The van der Waals surface area contributed by atoms with Crippen molar-refractivity contribution < 1.29 is 5.11 Å². The molecule has 0 radical (unpaired) electrons. The zero-order valence-electron chi connectivity index (χ0n) is 9.97. The lowest BCUT2D eigenvalue weighted by molar-refractivity contribution is 0.0561. The minimum Gasteiger partial charge on any atom is -0.386 e. The monoisotopic (exact) mass is 208 g/mol. The quantitative estimate of drug-likeness (QED) is 0.513. The van der Waals surface area contributed by atoms with E-state index in [0.29, 0.717) is 0 Å². The van der Waals surface area contributed by atoms with Crippen molar-refractivity contribution in [3.8, 4) is 0 Å². The van der Waals surface area contributed by atoms with Crippen LogP contribution in [-0.4, -0.2) is 10.7 Å². The lowest BCUT2D eigenvalue weighted by Crippen LogP contribution is -2.31. The summed E-state index contributed by atoms with van der Waals surface area (Å²) < 4.78 is 0. The number of hydrogen-bond acceptors (Lipinski definition) is 1. The van der Waals surface area contributed by atoms with Crippen molar-refractivity contribution in [2.45, 2.75) is 70.3 Å². The Balaban J connectivity index is 2.06. The first-order valence-electron chi connectivity index (χ1n) is 6.63. The summed E-state index contributed by atoms with van der Waals surface area (Å²) in [7, 11) is 0. The fraction of sp³-hybridized carbons (Fsp3) is 0.857. The average molecular weight is 208 g/mol. The Hall–Kier alpha value is -0.300. The van der Waals surface area contributed by atoms with Crippen molar-refractivity contribution in [3.63, 3.8) is 0 Å². The number of allylic oxidation sites excluding steroid dienone is 1. The largest absolute Gasteiger partial charge is 0.386 e. The second-order valence-electron chi connectivity index (χ2n) is 5.54. The molecule has 0 aliphatic heterocycles. The Bertz CT molecular complexity index is 244. The second kappa shape index (κ2) is 4.69. The Labute approximate surface area is 93.6 Å². The Morgan fingerprint density at radius 2 is 2.07 bits per heavy atom. The molecule has 0 amide bonds. The van der Waals surface area contributed by atoms with Crippen molar-refractivity contribution >= 4 is 0 Å². The van der Waals surface area contributed by atoms with E-state index < -0.39 is 5.60 Å². The Kier molecular flexibility index (Phi) is 3.50. The van der Waals surface area contributed by atoms with E-state index in [9.17, 15) is 5.11 Å². The van der Waals surface area contributed by atoms with Gasteiger partial charge in [-0.2, -0.15) is 0 Å². The molecule has 0 saturated heterocycles. The Morgan fingerprint density at radius 1 is 1.20 bits per heavy atom. The van der Waals surface area contributed by atoms with Crippen LogP contribution in [-0.2, 0) is 0 Å². The molecule has 2 atom stereocenters. The molecule has 86 valence electrons. The van der Waals surface area contributed by atoms with Crippen molar-refractivity contribution in [2.75, 3.05) is 0 Å². The Morgan fingerprint density at radius 3 is 2.80 bits per heavy atom. The van der Waals surface area contributed by atoms with E-state index in [0.717, 1.165) is 25.2 Å². The smallest absolute Gasteiger partial charge is 0.0856 e. The van der Waals surface area contributed by atoms with E-state index in [1.807, 2.05) is 0 Å². The molecule has 1 heteroatoms. The molecular weight excluding hydrogens is 184 g/mol. The molecule has 0 aromatic carbocycles. The van der Waals surface area contributed by atoms with Crippen LogP contribution in [0, 0.1) is 5.92 Å². The summed E-state index contributed by atoms with van der Waals surface area (Å²) in [6.07, 6.45) is 13.0. The van der Waals surface area contributed by atoms with Gasteiger partial charge < -0.3 is 5.11 Å². The molecule has 0 heterocycles. The summed E-state index contributed by atoms with van der Waals surface area (Å²) in [5.41, 5.74) is 0.938. The molecule has 2 aliphatic carbocycles. The summed E-state index contributed by atoms with van der Waals surface area (Å²) in [6, 6.07) is 0. The first-order chi connectivity index (χ1) is 7.21. The van der Waals surface area contributed by atoms with E-state index in [1.165, 1.54) is 44.1 Å². The van der Waals surface area contributed by atoms with Gasteiger partial charge in [0.15, 0.2) is 0 Å². The van der Waals surface area contributed by atoms with Crippen LogP contribution in [0.1, 0.15) is 64.7 Å². The molecular formula is C14H24O. The molecule has 0 aromatic heterocycles. The van der Waals surface area contributed by atoms with Gasteiger partial charge in [0, 0.05) is 0 Å².